The fourth-order valence-electron chi connectivity index (χ4n) is 2.09. The highest BCUT2D eigenvalue weighted by molar-refractivity contribution is 7.85. The largest absolute Gasteiger partial charge is 0.354 e. The summed E-state index contributed by atoms with van der Waals surface area (Å²) >= 11 is 12.2. The summed E-state index contributed by atoms with van der Waals surface area (Å²) in [6.07, 6.45) is 4.92. The molecule has 0 aliphatic rings. The van der Waals surface area contributed by atoms with Crippen LogP contribution in [0.25, 0.3) is 16.6 Å². The van der Waals surface area contributed by atoms with E-state index in [1.165, 1.54) is 0 Å². The molecule has 23 heavy (non-hydrogen) atoms. The van der Waals surface area contributed by atoms with Crippen LogP contribution in [0.3, 0.4) is 0 Å². The maximum absolute atomic E-state index is 10.9. The first kappa shape index (κ1) is 16.0. The lowest BCUT2D eigenvalue weighted by Crippen LogP contribution is -2.14. The van der Waals surface area contributed by atoms with Crippen LogP contribution in [-0.4, -0.2) is 33.4 Å². The van der Waals surface area contributed by atoms with Gasteiger partial charge in [0.05, 0.1) is 27.6 Å². The molecular formula is C13H10Cl2N4O3S. The van der Waals surface area contributed by atoms with E-state index in [1.54, 1.807) is 41.5 Å². The van der Waals surface area contributed by atoms with Crippen LogP contribution in [0.2, 0.25) is 10.0 Å². The number of anilines is 1. The minimum Gasteiger partial charge on any atom is -0.354 e. The molecule has 0 aliphatic carbocycles. The fourth-order valence-corrected chi connectivity index (χ4v) is 2.78. The molecule has 3 rings (SSSR count). The number of aromatic nitrogens is 3. The lowest BCUT2D eigenvalue weighted by atomic mass is 10.1. The van der Waals surface area contributed by atoms with Gasteiger partial charge in [0.25, 0.3) is 10.1 Å². The number of fused-ring (bicyclic) bond motifs is 1. The first-order chi connectivity index (χ1) is 10.8. The second-order valence-corrected chi connectivity index (χ2v) is 6.89. The Morgan fingerprint density at radius 1 is 1.30 bits per heavy atom. The van der Waals surface area contributed by atoms with Crippen LogP contribution >= 0.6 is 23.2 Å². The third-order valence-corrected chi connectivity index (χ3v) is 4.37. The van der Waals surface area contributed by atoms with Crippen molar-refractivity contribution >= 4 is 50.0 Å². The number of benzene rings is 1. The summed E-state index contributed by atoms with van der Waals surface area (Å²) in [6.45, 7) is 0. The fraction of sp³-hybridized carbons (Fsp3) is 0.0769. The number of imidazole rings is 1. The Morgan fingerprint density at radius 2 is 2.09 bits per heavy atom. The van der Waals surface area contributed by atoms with Gasteiger partial charge in [0.1, 0.15) is 11.7 Å². The molecule has 0 atom stereocenters. The summed E-state index contributed by atoms with van der Waals surface area (Å²) in [7, 11) is -4.19. The van der Waals surface area contributed by atoms with Crippen molar-refractivity contribution in [3.05, 3.63) is 47.0 Å². The number of nitrogens with zero attached hydrogens (tertiary/aromatic N) is 3. The Labute approximate surface area is 141 Å². The predicted molar refractivity (Wildman–Crippen MR) is 88.9 cm³/mol. The minimum absolute atomic E-state index is 0.225. The summed E-state index contributed by atoms with van der Waals surface area (Å²) < 4.78 is 32.4. The summed E-state index contributed by atoms with van der Waals surface area (Å²) in [4.78, 5) is 8.26. The molecule has 0 spiro atoms. The second kappa shape index (κ2) is 5.97. The maximum atomic E-state index is 10.9. The predicted octanol–water partition coefficient (Wildman–Crippen LogP) is 2.98. The second-order valence-electron chi connectivity index (χ2n) is 4.66. The van der Waals surface area contributed by atoms with E-state index >= 15 is 0 Å². The quantitative estimate of drug-likeness (QED) is 0.683. The van der Waals surface area contributed by atoms with E-state index in [-0.39, 0.29) is 10.8 Å². The number of hydrogen-bond donors (Lipinski definition) is 2. The molecule has 0 radical (unpaired) electrons. The average Bonchev–Trinajstić information content (AvgIpc) is 3.02. The molecule has 10 heteroatoms. The minimum atomic E-state index is -4.19. The Balaban J connectivity index is 2.21. The van der Waals surface area contributed by atoms with Crippen molar-refractivity contribution < 1.29 is 13.0 Å². The lowest BCUT2D eigenvalue weighted by molar-refractivity contribution is 0.485. The van der Waals surface area contributed by atoms with Crippen molar-refractivity contribution in [2.45, 2.75) is 0 Å². The Kier molecular flexibility index (Phi) is 4.15. The van der Waals surface area contributed by atoms with Crippen LogP contribution < -0.4 is 5.32 Å². The zero-order valence-electron chi connectivity index (χ0n) is 11.4. The Bertz CT molecular complexity index is 975. The van der Waals surface area contributed by atoms with Crippen molar-refractivity contribution in [1.29, 1.82) is 0 Å². The summed E-state index contributed by atoms with van der Waals surface area (Å²) in [5.41, 5.74) is 1.09. The molecule has 120 valence electrons. The highest BCUT2D eigenvalue weighted by Gasteiger charge is 2.13. The Morgan fingerprint density at radius 3 is 2.74 bits per heavy atom. The Hall–Kier alpha value is -1.87. The first-order valence-corrected chi connectivity index (χ1v) is 8.68. The molecular weight excluding hydrogens is 363 g/mol. The number of halogens is 2. The molecule has 7 nitrogen and oxygen atoms in total. The van der Waals surface area contributed by atoms with E-state index < -0.39 is 16.0 Å². The van der Waals surface area contributed by atoms with Gasteiger partial charge in [0.2, 0.25) is 0 Å². The molecule has 0 aliphatic heterocycles. The molecule has 3 aromatic rings. The van der Waals surface area contributed by atoms with Crippen LogP contribution in [0.1, 0.15) is 0 Å². The van der Waals surface area contributed by atoms with Gasteiger partial charge >= 0.3 is 0 Å². The molecule has 0 fully saturated rings. The molecule has 0 saturated carbocycles. The molecule has 2 heterocycles. The van der Waals surface area contributed by atoms with Crippen molar-refractivity contribution in [2.24, 2.45) is 0 Å². The van der Waals surface area contributed by atoms with Crippen molar-refractivity contribution in [3.8, 4) is 5.69 Å². The third-order valence-electron chi connectivity index (χ3n) is 3.07. The van der Waals surface area contributed by atoms with Crippen molar-refractivity contribution in [2.75, 3.05) is 11.2 Å². The smallest absolute Gasteiger partial charge is 0.283 e. The van der Waals surface area contributed by atoms with Crippen LogP contribution in [0, 0.1) is 0 Å². The van der Waals surface area contributed by atoms with Gasteiger partial charge in [0, 0.05) is 23.8 Å². The van der Waals surface area contributed by atoms with Gasteiger partial charge in [-0.3, -0.25) is 4.55 Å². The van der Waals surface area contributed by atoms with E-state index in [9.17, 15) is 8.42 Å². The lowest BCUT2D eigenvalue weighted by Gasteiger charge is -2.12. The maximum Gasteiger partial charge on any atom is 0.283 e. The standard InChI is InChI=1S/C13H10Cl2N4O3S/c14-9-2-1-8-10(19-4-3-16-6-19)5-11(17-7-23(20,21)22)18-13(8)12(9)15/h1-6H,7H2,(H,17,18)(H,20,21,22). The van der Waals surface area contributed by atoms with Crippen LogP contribution in [0.4, 0.5) is 5.82 Å². The van der Waals surface area contributed by atoms with Gasteiger partial charge in [-0.05, 0) is 12.1 Å². The summed E-state index contributed by atoms with van der Waals surface area (Å²) in [5, 5.41) is 3.84. The number of nitrogens with one attached hydrogen (secondary N) is 1. The van der Waals surface area contributed by atoms with Gasteiger partial charge in [-0.1, -0.05) is 23.2 Å². The van der Waals surface area contributed by atoms with E-state index in [4.69, 9.17) is 27.8 Å². The molecule has 0 unspecified atom stereocenters. The molecule has 2 aromatic heterocycles. The summed E-state index contributed by atoms with van der Waals surface area (Å²) in [6, 6.07) is 5.04. The molecule has 0 bridgehead atoms. The summed E-state index contributed by atoms with van der Waals surface area (Å²) in [5.74, 6) is -0.449. The van der Waals surface area contributed by atoms with Crippen molar-refractivity contribution in [1.82, 2.24) is 14.5 Å². The van der Waals surface area contributed by atoms with Crippen LogP contribution in [0.15, 0.2) is 36.9 Å². The van der Waals surface area contributed by atoms with Gasteiger partial charge in [-0.15, -0.1) is 0 Å². The van der Waals surface area contributed by atoms with Gasteiger partial charge in [0.15, 0.2) is 0 Å². The van der Waals surface area contributed by atoms with Gasteiger partial charge < -0.3 is 9.88 Å². The number of pyridine rings is 1. The molecule has 1 aromatic carbocycles. The topological polar surface area (TPSA) is 97.1 Å². The monoisotopic (exact) mass is 372 g/mol. The SMILES string of the molecule is O=S(=O)(O)CNc1cc(-n2ccnc2)c2ccc(Cl)c(Cl)c2n1. The van der Waals surface area contributed by atoms with E-state index in [0.717, 1.165) is 5.39 Å². The van der Waals surface area contributed by atoms with Gasteiger partial charge in [-0.25, -0.2) is 9.97 Å². The van der Waals surface area contributed by atoms with Gasteiger partial charge in [-0.2, -0.15) is 8.42 Å². The van der Waals surface area contributed by atoms with E-state index in [1.807, 2.05) is 0 Å². The molecule has 0 saturated heterocycles. The zero-order valence-corrected chi connectivity index (χ0v) is 13.8. The zero-order chi connectivity index (χ0) is 16.6. The molecule has 0 amide bonds. The number of rotatable bonds is 4. The first-order valence-electron chi connectivity index (χ1n) is 6.31. The number of hydrogen-bond acceptors (Lipinski definition) is 5. The third kappa shape index (κ3) is 3.40. The van der Waals surface area contributed by atoms with E-state index in [2.05, 4.69) is 15.3 Å². The highest BCUT2D eigenvalue weighted by Crippen LogP contribution is 2.33. The van der Waals surface area contributed by atoms with Crippen LogP contribution in [-0.2, 0) is 10.1 Å². The van der Waals surface area contributed by atoms with Crippen LogP contribution in [0.5, 0.6) is 0 Å². The normalized spacial score (nSPS) is 11.8. The van der Waals surface area contributed by atoms with Crippen molar-refractivity contribution in [3.63, 3.8) is 0 Å². The average molecular weight is 373 g/mol. The molecule has 2 N–H and O–H groups in total. The van der Waals surface area contributed by atoms with E-state index in [0.29, 0.717) is 16.2 Å². The highest BCUT2D eigenvalue weighted by atomic mass is 35.5.